The number of aliphatic hydroxyl groups excluding tert-OH is 1. The van der Waals surface area contributed by atoms with Crippen molar-refractivity contribution in [3.05, 3.63) is 48.8 Å². The van der Waals surface area contributed by atoms with E-state index in [4.69, 9.17) is 14.7 Å². The molecule has 122 valence electrons. The zero-order chi connectivity index (χ0) is 16.5. The van der Waals surface area contributed by atoms with Crippen LogP contribution in [0, 0.1) is 0 Å². The number of fused-ring (bicyclic) bond motifs is 2. The molecule has 0 saturated heterocycles. The number of hydrogen-bond donors (Lipinski definition) is 2. The SMILES string of the molecule is COn1cc(-c2cc3cccnc3[nH]2)c2cc(OCCO)ccc21. The van der Waals surface area contributed by atoms with Gasteiger partial charge in [-0.3, -0.25) is 0 Å². The molecule has 0 saturated carbocycles. The topological polar surface area (TPSA) is 72.3 Å². The van der Waals surface area contributed by atoms with Crippen LogP contribution in [0.2, 0.25) is 0 Å². The number of ether oxygens (including phenoxy) is 1. The van der Waals surface area contributed by atoms with E-state index in [0.29, 0.717) is 5.75 Å². The lowest BCUT2D eigenvalue weighted by Crippen LogP contribution is -2.03. The highest BCUT2D eigenvalue weighted by Crippen LogP contribution is 2.33. The first kappa shape index (κ1) is 14.6. The smallest absolute Gasteiger partial charge is 0.137 e. The number of hydrogen-bond acceptors (Lipinski definition) is 4. The molecule has 3 aromatic heterocycles. The van der Waals surface area contributed by atoms with Gasteiger partial charge in [-0.25, -0.2) is 4.98 Å². The lowest BCUT2D eigenvalue weighted by atomic mass is 10.1. The highest BCUT2D eigenvalue weighted by Gasteiger charge is 2.14. The van der Waals surface area contributed by atoms with Crippen LogP contribution in [0.15, 0.2) is 48.8 Å². The van der Waals surface area contributed by atoms with Crippen molar-refractivity contribution in [1.82, 2.24) is 14.7 Å². The second kappa shape index (κ2) is 5.90. The standard InChI is InChI=1S/C18H17N3O3/c1-23-21-11-15(16-9-12-3-2-6-19-18(12)20-16)14-10-13(24-8-7-22)4-5-17(14)21/h2-6,9-11,22H,7-8H2,1H3,(H,19,20). The summed E-state index contributed by atoms with van der Waals surface area (Å²) in [4.78, 5) is 13.1. The third-order valence-electron chi connectivity index (χ3n) is 3.98. The lowest BCUT2D eigenvalue weighted by molar-refractivity contribution is 0.179. The molecule has 0 amide bonds. The van der Waals surface area contributed by atoms with E-state index in [2.05, 4.69) is 16.0 Å². The lowest BCUT2D eigenvalue weighted by Gasteiger charge is -2.05. The van der Waals surface area contributed by atoms with Crippen molar-refractivity contribution in [3.8, 4) is 17.0 Å². The van der Waals surface area contributed by atoms with Crippen molar-refractivity contribution in [2.75, 3.05) is 20.3 Å². The Bertz CT molecular complexity index is 970. The molecular weight excluding hydrogens is 306 g/mol. The van der Waals surface area contributed by atoms with Crippen molar-refractivity contribution in [1.29, 1.82) is 0 Å². The summed E-state index contributed by atoms with van der Waals surface area (Å²) in [5.41, 5.74) is 3.75. The van der Waals surface area contributed by atoms with Crippen LogP contribution < -0.4 is 9.57 Å². The fourth-order valence-electron chi connectivity index (χ4n) is 2.90. The predicted octanol–water partition coefficient (Wildman–Crippen LogP) is 2.61. The van der Waals surface area contributed by atoms with Gasteiger partial charge in [-0.2, -0.15) is 4.73 Å². The van der Waals surface area contributed by atoms with Crippen molar-refractivity contribution < 1.29 is 14.7 Å². The minimum absolute atomic E-state index is 0.0162. The van der Waals surface area contributed by atoms with Gasteiger partial charge in [0.1, 0.15) is 25.1 Å². The van der Waals surface area contributed by atoms with Gasteiger partial charge in [0.15, 0.2) is 0 Å². The largest absolute Gasteiger partial charge is 0.491 e. The second-order valence-corrected chi connectivity index (χ2v) is 5.43. The molecular formula is C18H17N3O3. The quantitative estimate of drug-likeness (QED) is 0.592. The molecule has 4 aromatic rings. The van der Waals surface area contributed by atoms with Crippen LogP contribution in [-0.4, -0.2) is 40.1 Å². The number of aliphatic hydroxyl groups is 1. The molecule has 0 atom stereocenters. The minimum atomic E-state index is -0.0162. The second-order valence-electron chi connectivity index (χ2n) is 5.43. The summed E-state index contributed by atoms with van der Waals surface area (Å²) in [6.07, 6.45) is 3.70. The molecule has 0 aliphatic carbocycles. The van der Waals surface area contributed by atoms with E-state index in [0.717, 1.165) is 33.2 Å². The molecule has 3 heterocycles. The van der Waals surface area contributed by atoms with Gasteiger partial charge in [0.05, 0.1) is 18.3 Å². The highest BCUT2D eigenvalue weighted by molar-refractivity contribution is 5.98. The summed E-state index contributed by atoms with van der Waals surface area (Å²) in [5.74, 6) is 0.709. The first-order valence-corrected chi connectivity index (χ1v) is 7.67. The summed E-state index contributed by atoms with van der Waals surface area (Å²) in [5, 5.41) is 11.0. The average molecular weight is 323 g/mol. The number of aromatic amines is 1. The number of aromatic nitrogens is 3. The molecule has 4 rings (SSSR count). The first-order valence-electron chi connectivity index (χ1n) is 7.67. The van der Waals surface area contributed by atoms with Gasteiger partial charge in [-0.15, -0.1) is 0 Å². The maximum Gasteiger partial charge on any atom is 0.137 e. The fraction of sp³-hybridized carbons (Fsp3) is 0.167. The van der Waals surface area contributed by atoms with E-state index < -0.39 is 0 Å². The Morgan fingerprint density at radius 1 is 1.25 bits per heavy atom. The fourth-order valence-corrected chi connectivity index (χ4v) is 2.90. The molecule has 0 fully saturated rings. The van der Waals surface area contributed by atoms with Crippen LogP contribution in [0.4, 0.5) is 0 Å². The number of nitrogens with zero attached hydrogens (tertiary/aromatic N) is 2. The van der Waals surface area contributed by atoms with Crippen LogP contribution in [0.1, 0.15) is 0 Å². The highest BCUT2D eigenvalue weighted by atomic mass is 16.6. The van der Waals surface area contributed by atoms with Gasteiger partial charge in [0, 0.05) is 28.2 Å². The first-order chi connectivity index (χ1) is 11.8. The summed E-state index contributed by atoms with van der Waals surface area (Å²) < 4.78 is 7.25. The molecule has 1 aromatic carbocycles. The van der Waals surface area contributed by atoms with Crippen molar-refractivity contribution in [3.63, 3.8) is 0 Å². The molecule has 24 heavy (non-hydrogen) atoms. The Balaban J connectivity index is 1.89. The minimum Gasteiger partial charge on any atom is -0.491 e. The number of pyridine rings is 1. The van der Waals surface area contributed by atoms with Crippen LogP contribution >= 0.6 is 0 Å². The number of benzene rings is 1. The van der Waals surface area contributed by atoms with Crippen LogP contribution in [0.25, 0.3) is 33.2 Å². The Kier molecular flexibility index (Phi) is 3.59. The third-order valence-corrected chi connectivity index (χ3v) is 3.98. The summed E-state index contributed by atoms with van der Waals surface area (Å²) in [6, 6.07) is 11.8. The number of H-pyrrole nitrogens is 1. The number of nitrogens with one attached hydrogen (secondary N) is 1. The zero-order valence-electron chi connectivity index (χ0n) is 13.2. The van der Waals surface area contributed by atoms with Gasteiger partial charge in [-0.05, 0) is 36.4 Å². The van der Waals surface area contributed by atoms with Crippen molar-refractivity contribution >= 4 is 21.9 Å². The Morgan fingerprint density at radius 3 is 2.96 bits per heavy atom. The van der Waals surface area contributed by atoms with E-state index in [1.54, 1.807) is 18.0 Å². The van der Waals surface area contributed by atoms with Gasteiger partial charge < -0.3 is 19.7 Å². The van der Waals surface area contributed by atoms with Crippen molar-refractivity contribution in [2.24, 2.45) is 0 Å². The molecule has 0 unspecified atom stereocenters. The van der Waals surface area contributed by atoms with E-state index in [1.807, 2.05) is 36.5 Å². The molecule has 0 bridgehead atoms. The Labute approximate surface area is 138 Å². The molecule has 0 aliphatic heterocycles. The maximum absolute atomic E-state index is 8.94. The molecule has 0 radical (unpaired) electrons. The monoisotopic (exact) mass is 323 g/mol. The normalized spacial score (nSPS) is 11.2. The zero-order valence-corrected chi connectivity index (χ0v) is 13.2. The van der Waals surface area contributed by atoms with E-state index >= 15 is 0 Å². The Morgan fingerprint density at radius 2 is 2.17 bits per heavy atom. The summed E-state index contributed by atoms with van der Waals surface area (Å²) in [6.45, 7) is 0.250. The van der Waals surface area contributed by atoms with Gasteiger partial charge in [0.25, 0.3) is 0 Å². The van der Waals surface area contributed by atoms with E-state index in [9.17, 15) is 0 Å². The molecule has 2 N–H and O–H groups in total. The van der Waals surface area contributed by atoms with Crippen LogP contribution in [0.3, 0.4) is 0 Å². The third kappa shape index (κ3) is 2.37. The predicted molar refractivity (Wildman–Crippen MR) is 92.1 cm³/mol. The molecule has 6 nitrogen and oxygen atoms in total. The van der Waals surface area contributed by atoms with Crippen molar-refractivity contribution in [2.45, 2.75) is 0 Å². The summed E-state index contributed by atoms with van der Waals surface area (Å²) in [7, 11) is 1.63. The van der Waals surface area contributed by atoms with Gasteiger partial charge in [0.2, 0.25) is 0 Å². The van der Waals surface area contributed by atoms with E-state index in [-0.39, 0.29) is 13.2 Å². The van der Waals surface area contributed by atoms with E-state index in [1.165, 1.54) is 0 Å². The molecule has 6 heteroatoms. The summed E-state index contributed by atoms with van der Waals surface area (Å²) >= 11 is 0. The number of rotatable bonds is 5. The van der Waals surface area contributed by atoms with Gasteiger partial charge >= 0.3 is 0 Å². The van der Waals surface area contributed by atoms with Crippen LogP contribution in [-0.2, 0) is 0 Å². The average Bonchev–Trinajstić information content (AvgIpc) is 3.20. The van der Waals surface area contributed by atoms with Gasteiger partial charge in [-0.1, -0.05) is 0 Å². The molecule has 0 spiro atoms. The maximum atomic E-state index is 8.94. The Hall–Kier alpha value is -2.99. The van der Waals surface area contributed by atoms with Crippen LogP contribution in [0.5, 0.6) is 5.75 Å². The molecule has 0 aliphatic rings.